The highest BCUT2D eigenvalue weighted by Crippen LogP contribution is 2.22. The molecule has 0 saturated carbocycles. The van der Waals surface area contributed by atoms with Gasteiger partial charge in [-0.15, -0.1) is 0 Å². The number of hydrogen-bond donors (Lipinski definition) is 1. The lowest BCUT2D eigenvalue weighted by atomic mass is 10.2. The lowest BCUT2D eigenvalue weighted by Gasteiger charge is -2.37. The van der Waals surface area contributed by atoms with Crippen molar-refractivity contribution in [3.05, 3.63) is 42.7 Å². The number of ether oxygens (including phenoxy) is 1. The number of rotatable bonds is 5. The van der Waals surface area contributed by atoms with Gasteiger partial charge in [0.2, 0.25) is 0 Å². The molecule has 1 aliphatic heterocycles. The Morgan fingerprint density at radius 3 is 2.76 bits per heavy atom. The minimum atomic E-state index is 0.810. The summed E-state index contributed by atoms with van der Waals surface area (Å²) in [6.07, 6.45) is 3.77. The van der Waals surface area contributed by atoms with Crippen LogP contribution in [0.5, 0.6) is 5.75 Å². The number of methoxy groups -OCH3 is 1. The van der Waals surface area contributed by atoms with Crippen LogP contribution in [0, 0.1) is 0 Å². The third-order valence-electron chi connectivity index (χ3n) is 4.39. The maximum Gasteiger partial charge on any atom is 0.193 e. The number of piperazine rings is 1. The van der Waals surface area contributed by atoms with Crippen molar-refractivity contribution in [3.8, 4) is 5.75 Å². The maximum atomic E-state index is 5.32. The first-order valence-electron chi connectivity index (χ1n) is 8.62. The number of anilines is 1. The fourth-order valence-corrected chi connectivity index (χ4v) is 3.03. The van der Waals surface area contributed by atoms with Crippen LogP contribution in [-0.4, -0.2) is 67.5 Å². The normalized spacial score (nSPS) is 15.4. The molecule has 1 saturated heterocycles. The van der Waals surface area contributed by atoms with E-state index < -0.39 is 0 Å². The molecule has 0 spiro atoms. The number of hydrogen-bond acceptors (Lipinski definition) is 4. The highest BCUT2D eigenvalue weighted by molar-refractivity contribution is 5.80. The van der Waals surface area contributed by atoms with Gasteiger partial charge in [0.15, 0.2) is 5.96 Å². The molecule has 1 aliphatic rings. The van der Waals surface area contributed by atoms with Crippen molar-refractivity contribution in [2.75, 3.05) is 51.8 Å². The molecular formula is C18H26N6O. The predicted molar refractivity (Wildman–Crippen MR) is 100 cm³/mol. The predicted octanol–water partition coefficient (Wildman–Crippen LogP) is 1.29. The Morgan fingerprint density at radius 2 is 2.08 bits per heavy atom. The zero-order valence-corrected chi connectivity index (χ0v) is 14.9. The Balaban J connectivity index is 1.49. The van der Waals surface area contributed by atoms with Crippen LogP contribution >= 0.6 is 0 Å². The van der Waals surface area contributed by atoms with Crippen molar-refractivity contribution >= 4 is 11.6 Å². The minimum absolute atomic E-state index is 0.810. The molecule has 0 unspecified atom stereocenters. The van der Waals surface area contributed by atoms with Gasteiger partial charge in [-0.25, -0.2) is 0 Å². The van der Waals surface area contributed by atoms with Crippen LogP contribution < -0.4 is 15.0 Å². The first-order valence-corrected chi connectivity index (χ1v) is 8.62. The van der Waals surface area contributed by atoms with Crippen LogP contribution in [-0.2, 0) is 6.54 Å². The largest absolute Gasteiger partial charge is 0.497 e. The van der Waals surface area contributed by atoms with E-state index >= 15 is 0 Å². The van der Waals surface area contributed by atoms with E-state index in [9.17, 15) is 0 Å². The van der Waals surface area contributed by atoms with Crippen LogP contribution in [0.1, 0.15) is 0 Å². The average molecular weight is 342 g/mol. The summed E-state index contributed by atoms with van der Waals surface area (Å²) in [4.78, 5) is 9.11. The number of guanidine groups is 1. The average Bonchev–Trinajstić information content (AvgIpc) is 3.19. The summed E-state index contributed by atoms with van der Waals surface area (Å²) in [6, 6.07) is 10.2. The second kappa shape index (κ2) is 8.41. The van der Waals surface area contributed by atoms with E-state index in [0.717, 1.165) is 51.0 Å². The molecule has 0 atom stereocenters. The van der Waals surface area contributed by atoms with Crippen molar-refractivity contribution in [2.24, 2.45) is 4.99 Å². The number of nitrogens with one attached hydrogen (secondary N) is 1. The van der Waals surface area contributed by atoms with Crippen LogP contribution in [0.3, 0.4) is 0 Å². The second-order valence-corrected chi connectivity index (χ2v) is 5.92. The van der Waals surface area contributed by atoms with Gasteiger partial charge in [0.25, 0.3) is 0 Å². The number of aromatic nitrogens is 2. The molecule has 2 aromatic rings. The number of benzene rings is 1. The van der Waals surface area contributed by atoms with E-state index in [-0.39, 0.29) is 0 Å². The Kier molecular flexibility index (Phi) is 5.77. The van der Waals surface area contributed by atoms with E-state index in [1.807, 2.05) is 36.1 Å². The summed E-state index contributed by atoms with van der Waals surface area (Å²) < 4.78 is 7.24. The molecule has 1 aromatic carbocycles. The molecule has 1 aromatic heterocycles. The lowest BCUT2D eigenvalue weighted by molar-refractivity contribution is 0.370. The van der Waals surface area contributed by atoms with Gasteiger partial charge in [-0.05, 0) is 18.2 Å². The van der Waals surface area contributed by atoms with E-state index in [1.54, 1.807) is 13.3 Å². The summed E-state index contributed by atoms with van der Waals surface area (Å²) in [5, 5.41) is 7.64. The fourth-order valence-electron chi connectivity index (χ4n) is 3.03. The van der Waals surface area contributed by atoms with Crippen molar-refractivity contribution in [3.63, 3.8) is 0 Å². The third-order valence-corrected chi connectivity index (χ3v) is 4.39. The topological polar surface area (TPSA) is 57.9 Å². The Hall–Kier alpha value is -2.70. The fraction of sp³-hybridized carbons (Fsp3) is 0.444. The molecule has 0 aliphatic carbocycles. The Labute approximate surface area is 148 Å². The van der Waals surface area contributed by atoms with Crippen LogP contribution in [0.25, 0.3) is 0 Å². The van der Waals surface area contributed by atoms with E-state index in [0.29, 0.717) is 0 Å². The standard InChI is InChI=1S/C18H26N6O/c1-19-18(20-8-10-24-9-4-7-21-24)23-13-11-22(12-14-23)16-5-3-6-17(15-16)25-2/h3-7,9,15H,8,10-14H2,1-2H3,(H,19,20). The first-order chi connectivity index (χ1) is 12.3. The number of aliphatic imine (C=N–C) groups is 1. The van der Waals surface area contributed by atoms with Gasteiger partial charge in [0.05, 0.1) is 13.7 Å². The van der Waals surface area contributed by atoms with Gasteiger partial charge in [0, 0.05) is 63.9 Å². The van der Waals surface area contributed by atoms with Gasteiger partial charge in [-0.1, -0.05) is 6.07 Å². The van der Waals surface area contributed by atoms with Gasteiger partial charge in [0.1, 0.15) is 5.75 Å². The minimum Gasteiger partial charge on any atom is -0.497 e. The molecule has 7 nitrogen and oxygen atoms in total. The maximum absolute atomic E-state index is 5.32. The van der Waals surface area contributed by atoms with E-state index in [4.69, 9.17) is 4.74 Å². The van der Waals surface area contributed by atoms with Crippen molar-refractivity contribution in [2.45, 2.75) is 6.54 Å². The summed E-state index contributed by atoms with van der Waals surface area (Å²) in [5.74, 6) is 1.86. The van der Waals surface area contributed by atoms with E-state index in [1.165, 1.54) is 5.69 Å². The van der Waals surface area contributed by atoms with Crippen LogP contribution in [0.4, 0.5) is 5.69 Å². The Morgan fingerprint density at radius 1 is 1.24 bits per heavy atom. The first kappa shape index (κ1) is 17.1. The summed E-state index contributed by atoms with van der Waals surface area (Å²) in [7, 11) is 3.54. The van der Waals surface area contributed by atoms with Crippen molar-refractivity contribution in [1.82, 2.24) is 20.0 Å². The Bertz CT molecular complexity index is 677. The molecule has 3 rings (SSSR count). The van der Waals surface area contributed by atoms with Crippen LogP contribution in [0.2, 0.25) is 0 Å². The van der Waals surface area contributed by atoms with Gasteiger partial charge < -0.3 is 19.9 Å². The third kappa shape index (κ3) is 4.43. The number of nitrogens with zero attached hydrogens (tertiary/aromatic N) is 5. The zero-order chi connectivity index (χ0) is 17.5. The SMILES string of the molecule is CN=C(NCCn1cccn1)N1CCN(c2cccc(OC)c2)CC1. The summed E-state index contributed by atoms with van der Waals surface area (Å²) in [6.45, 7) is 5.46. The lowest BCUT2D eigenvalue weighted by Crippen LogP contribution is -2.52. The molecule has 1 N–H and O–H groups in total. The van der Waals surface area contributed by atoms with Gasteiger partial charge in [-0.2, -0.15) is 5.10 Å². The van der Waals surface area contributed by atoms with E-state index in [2.05, 4.69) is 37.3 Å². The molecular weight excluding hydrogens is 316 g/mol. The highest BCUT2D eigenvalue weighted by atomic mass is 16.5. The molecule has 0 radical (unpaired) electrons. The molecule has 25 heavy (non-hydrogen) atoms. The quantitative estimate of drug-likeness (QED) is 0.655. The van der Waals surface area contributed by atoms with Crippen molar-refractivity contribution < 1.29 is 4.74 Å². The molecule has 0 amide bonds. The van der Waals surface area contributed by atoms with Crippen LogP contribution in [0.15, 0.2) is 47.7 Å². The van der Waals surface area contributed by atoms with Gasteiger partial charge >= 0.3 is 0 Å². The summed E-state index contributed by atoms with van der Waals surface area (Å²) >= 11 is 0. The summed E-state index contributed by atoms with van der Waals surface area (Å²) in [5.41, 5.74) is 1.21. The van der Waals surface area contributed by atoms with Crippen molar-refractivity contribution in [1.29, 1.82) is 0 Å². The molecule has 0 bridgehead atoms. The highest BCUT2D eigenvalue weighted by Gasteiger charge is 2.19. The monoisotopic (exact) mass is 342 g/mol. The smallest absolute Gasteiger partial charge is 0.193 e. The molecule has 1 fully saturated rings. The second-order valence-electron chi connectivity index (χ2n) is 5.92. The van der Waals surface area contributed by atoms with Gasteiger partial charge in [-0.3, -0.25) is 9.67 Å². The molecule has 2 heterocycles. The molecule has 7 heteroatoms. The molecule has 134 valence electrons. The zero-order valence-electron chi connectivity index (χ0n) is 14.9.